The van der Waals surface area contributed by atoms with Gasteiger partial charge in [0.25, 0.3) is 5.91 Å². The second-order valence-electron chi connectivity index (χ2n) is 8.06. The molecule has 0 fully saturated rings. The molecule has 0 saturated heterocycles. The Labute approximate surface area is 159 Å². The molecular formula is C23H25NO3. The van der Waals surface area contributed by atoms with Gasteiger partial charge in [0.1, 0.15) is 5.58 Å². The molecule has 0 bridgehead atoms. The Hall–Kier alpha value is -2.88. The molecule has 0 aliphatic rings. The van der Waals surface area contributed by atoms with Gasteiger partial charge in [0.05, 0.1) is 0 Å². The number of hydrogen-bond donors (Lipinski definition) is 1. The number of carbonyl (C=O) groups is 1. The third-order valence-corrected chi connectivity index (χ3v) is 4.72. The van der Waals surface area contributed by atoms with E-state index >= 15 is 0 Å². The highest BCUT2D eigenvalue weighted by Crippen LogP contribution is 2.24. The van der Waals surface area contributed by atoms with Gasteiger partial charge in [-0.15, -0.1) is 0 Å². The average molecular weight is 363 g/mol. The van der Waals surface area contributed by atoms with Crippen molar-refractivity contribution in [1.29, 1.82) is 0 Å². The van der Waals surface area contributed by atoms with Crippen LogP contribution in [0.1, 0.15) is 53.4 Å². The quantitative estimate of drug-likeness (QED) is 0.690. The summed E-state index contributed by atoms with van der Waals surface area (Å²) in [7, 11) is 0. The first kappa shape index (κ1) is 18.9. The van der Waals surface area contributed by atoms with Gasteiger partial charge in [-0.1, -0.05) is 39.0 Å². The Morgan fingerprint density at radius 1 is 1.04 bits per heavy atom. The lowest BCUT2D eigenvalue weighted by Gasteiger charge is -2.19. The summed E-state index contributed by atoms with van der Waals surface area (Å²) in [6, 6.07) is 13.0. The highest BCUT2D eigenvalue weighted by atomic mass is 16.4. The van der Waals surface area contributed by atoms with Crippen LogP contribution in [0.5, 0.6) is 0 Å². The number of aryl methyl sites for hydroxylation is 2. The van der Waals surface area contributed by atoms with Gasteiger partial charge in [-0.25, -0.2) is 4.79 Å². The van der Waals surface area contributed by atoms with Crippen LogP contribution < -0.4 is 10.9 Å². The minimum atomic E-state index is -0.411. The van der Waals surface area contributed by atoms with Gasteiger partial charge in [0, 0.05) is 23.6 Å². The van der Waals surface area contributed by atoms with Crippen molar-refractivity contribution in [2.75, 3.05) is 0 Å². The molecule has 0 spiro atoms. The molecule has 1 amide bonds. The average Bonchev–Trinajstić information content (AvgIpc) is 2.57. The van der Waals surface area contributed by atoms with Crippen LogP contribution in [0.3, 0.4) is 0 Å². The van der Waals surface area contributed by atoms with Crippen LogP contribution in [0.15, 0.2) is 51.7 Å². The molecular weight excluding hydrogens is 338 g/mol. The normalized spacial score (nSPS) is 11.6. The van der Waals surface area contributed by atoms with E-state index in [0.717, 1.165) is 22.1 Å². The number of amides is 1. The van der Waals surface area contributed by atoms with Crippen LogP contribution in [0.4, 0.5) is 0 Å². The Morgan fingerprint density at radius 2 is 1.70 bits per heavy atom. The largest absolute Gasteiger partial charge is 0.423 e. The summed E-state index contributed by atoms with van der Waals surface area (Å²) in [5.41, 5.74) is 4.78. The van der Waals surface area contributed by atoms with Gasteiger partial charge in [-0.05, 0) is 59.7 Å². The van der Waals surface area contributed by atoms with E-state index in [4.69, 9.17) is 4.42 Å². The third-order valence-electron chi connectivity index (χ3n) is 4.72. The maximum atomic E-state index is 12.5. The molecule has 140 valence electrons. The van der Waals surface area contributed by atoms with E-state index in [1.807, 2.05) is 50.2 Å². The Kier molecular flexibility index (Phi) is 4.92. The number of carbonyl (C=O) groups excluding carboxylic acids is 1. The maximum absolute atomic E-state index is 12.5. The standard InChI is InChI=1S/C23H25NO3/c1-14-10-15(2)21-17(12-20(25)27-19(21)11-14)13-24-22(26)16-6-8-18(9-7-16)23(3,4)5/h6-12H,13H2,1-5H3,(H,24,26). The molecule has 0 aliphatic heterocycles. The molecule has 3 rings (SSSR count). The zero-order valence-corrected chi connectivity index (χ0v) is 16.5. The zero-order chi connectivity index (χ0) is 19.8. The number of fused-ring (bicyclic) bond motifs is 1. The summed E-state index contributed by atoms with van der Waals surface area (Å²) in [6.07, 6.45) is 0. The van der Waals surface area contributed by atoms with Gasteiger partial charge in [-0.3, -0.25) is 4.79 Å². The van der Waals surface area contributed by atoms with Crippen molar-refractivity contribution in [3.63, 3.8) is 0 Å². The molecule has 0 atom stereocenters. The predicted octanol–water partition coefficient (Wildman–Crippen LogP) is 4.64. The number of hydrogen-bond acceptors (Lipinski definition) is 3. The molecule has 3 aromatic rings. The molecule has 1 N–H and O–H groups in total. The van der Waals surface area contributed by atoms with Gasteiger partial charge >= 0.3 is 5.63 Å². The fraction of sp³-hybridized carbons (Fsp3) is 0.304. The van der Waals surface area contributed by atoms with Crippen LogP contribution >= 0.6 is 0 Å². The summed E-state index contributed by atoms with van der Waals surface area (Å²) in [6.45, 7) is 10.6. The summed E-state index contributed by atoms with van der Waals surface area (Å²) in [5, 5.41) is 3.79. The first-order valence-electron chi connectivity index (χ1n) is 9.08. The number of nitrogens with one attached hydrogen (secondary N) is 1. The Bertz CT molecular complexity index is 1050. The van der Waals surface area contributed by atoms with E-state index in [2.05, 4.69) is 26.1 Å². The van der Waals surface area contributed by atoms with Crippen molar-refractivity contribution in [3.8, 4) is 0 Å². The van der Waals surface area contributed by atoms with E-state index < -0.39 is 5.63 Å². The smallest absolute Gasteiger partial charge is 0.336 e. The topological polar surface area (TPSA) is 59.3 Å². The molecule has 1 heterocycles. The summed E-state index contributed by atoms with van der Waals surface area (Å²) < 4.78 is 5.33. The SMILES string of the molecule is Cc1cc(C)c2c(CNC(=O)c3ccc(C(C)(C)C)cc3)cc(=O)oc2c1. The van der Waals surface area contributed by atoms with E-state index in [0.29, 0.717) is 11.1 Å². The highest BCUT2D eigenvalue weighted by molar-refractivity contribution is 5.94. The van der Waals surface area contributed by atoms with Gasteiger partial charge in [0.15, 0.2) is 0 Å². The van der Waals surface area contributed by atoms with Crippen LogP contribution in [-0.4, -0.2) is 5.91 Å². The van der Waals surface area contributed by atoms with E-state index in [1.165, 1.54) is 11.6 Å². The monoisotopic (exact) mass is 363 g/mol. The van der Waals surface area contributed by atoms with Crippen LogP contribution in [0, 0.1) is 13.8 Å². The molecule has 0 aliphatic carbocycles. The van der Waals surface area contributed by atoms with Crippen molar-refractivity contribution in [2.45, 2.75) is 46.6 Å². The molecule has 4 heteroatoms. The Morgan fingerprint density at radius 3 is 2.33 bits per heavy atom. The lowest BCUT2D eigenvalue weighted by atomic mass is 9.87. The van der Waals surface area contributed by atoms with Crippen LogP contribution in [0.25, 0.3) is 11.0 Å². The van der Waals surface area contributed by atoms with Crippen LogP contribution in [-0.2, 0) is 12.0 Å². The third kappa shape index (κ3) is 4.11. The van der Waals surface area contributed by atoms with Crippen LogP contribution in [0.2, 0.25) is 0 Å². The van der Waals surface area contributed by atoms with Crippen molar-refractivity contribution in [3.05, 3.63) is 80.7 Å². The number of rotatable bonds is 3. The van der Waals surface area contributed by atoms with Crippen molar-refractivity contribution >= 4 is 16.9 Å². The van der Waals surface area contributed by atoms with E-state index in [-0.39, 0.29) is 17.9 Å². The first-order chi connectivity index (χ1) is 12.6. The fourth-order valence-corrected chi connectivity index (χ4v) is 3.31. The maximum Gasteiger partial charge on any atom is 0.336 e. The van der Waals surface area contributed by atoms with Gasteiger partial charge < -0.3 is 9.73 Å². The highest BCUT2D eigenvalue weighted by Gasteiger charge is 2.15. The Balaban J connectivity index is 1.84. The first-order valence-corrected chi connectivity index (χ1v) is 9.08. The van der Waals surface area contributed by atoms with Gasteiger partial charge in [-0.2, -0.15) is 0 Å². The van der Waals surface area contributed by atoms with Crippen molar-refractivity contribution in [2.24, 2.45) is 0 Å². The summed E-state index contributed by atoms with van der Waals surface area (Å²) in [4.78, 5) is 24.4. The second kappa shape index (κ2) is 7.03. The lowest BCUT2D eigenvalue weighted by Crippen LogP contribution is -2.24. The lowest BCUT2D eigenvalue weighted by molar-refractivity contribution is 0.0951. The fourth-order valence-electron chi connectivity index (χ4n) is 3.31. The molecule has 27 heavy (non-hydrogen) atoms. The molecule has 1 aromatic heterocycles. The van der Waals surface area contributed by atoms with Crippen molar-refractivity contribution < 1.29 is 9.21 Å². The number of benzene rings is 2. The minimum absolute atomic E-state index is 0.0433. The summed E-state index contributed by atoms with van der Waals surface area (Å²) in [5.74, 6) is -0.165. The molecule has 0 saturated carbocycles. The van der Waals surface area contributed by atoms with Gasteiger partial charge in [0.2, 0.25) is 0 Å². The van der Waals surface area contributed by atoms with E-state index in [9.17, 15) is 9.59 Å². The molecule has 4 nitrogen and oxygen atoms in total. The van der Waals surface area contributed by atoms with E-state index in [1.54, 1.807) is 0 Å². The minimum Gasteiger partial charge on any atom is -0.423 e. The molecule has 2 aromatic carbocycles. The zero-order valence-electron chi connectivity index (χ0n) is 16.5. The molecule has 0 unspecified atom stereocenters. The predicted molar refractivity (Wildman–Crippen MR) is 108 cm³/mol. The summed E-state index contributed by atoms with van der Waals surface area (Å²) >= 11 is 0. The second-order valence-corrected chi connectivity index (χ2v) is 8.06. The molecule has 0 radical (unpaired) electrons. The van der Waals surface area contributed by atoms with Crippen molar-refractivity contribution in [1.82, 2.24) is 5.32 Å².